The van der Waals surface area contributed by atoms with Gasteiger partial charge in [-0.15, -0.1) is 0 Å². The van der Waals surface area contributed by atoms with E-state index in [1.807, 2.05) is 0 Å². The lowest BCUT2D eigenvalue weighted by Crippen LogP contribution is -2.55. The fourth-order valence-electron chi connectivity index (χ4n) is 5.03. The van der Waals surface area contributed by atoms with Crippen molar-refractivity contribution < 1.29 is 4.74 Å². The molecule has 3 heteroatoms. The second-order valence-electron chi connectivity index (χ2n) is 10.3. The van der Waals surface area contributed by atoms with E-state index in [9.17, 15) is 0 Å². The largest absolute Gasteiger partial charge is 0.478 e. The molecule has 0 saturated heterocycles. The monoisotopic (exact) mass is 403 g/mol. The average Bonchev–Trinajstić information content (AvgIpc) is 3.20. The normalized spacial score (nSPS) is 26.6. The molecule has 0 spiro atoms. The molecule has 0 N–H and O–H groups in total. The van der Waals surface area contributed by atoms with Crippen LogP contribution in [0.1, 0.15) is 38.8 Å². The number of hydrogen-bond acceptors (Lipinski definition) is 2. The van der Waals surface area contributed by atoms with E-state index in [0.717, 1.165) is 5.90 Å². The Morgan fingerprint density at radius 3 is 2.31 bits per heavy atom. The first kappa shape index (κ1) is 20.2. The summed E-state index contributed by atoms with van der Waals surface area (Å²) < 4.78 is 6.39. The molecule has 2 aromatic rings. The van der Waals surface area contributed by atoms with Gasteiger partial charge in [0.1, 0.15) is 6.61 Å². The number of ether oxygens (including phenoxy) is 1. The number of rotatable bonds is 3. The van der Waals surface area contributed by atoms with Gasteiger partial charge in [0.25, 0.3) is 0 Å². The first-order valence-electron chi connectivity index (χ1n) is 10.7. The van der Waals surface area contributed by atoms with Crippen LogP contribution in [-0.2, 0) is 10.2 Å². The highest BCUT2D eigenvalue weighted by atomic mass is 28.3. The summed E-state index contributed by atoms with van der Waals surface area (Å²) in [7, 11) is -1.87. The third kappa shape index (κ3) is 3.30. The van der Waals surface area contributed by atoms with Crippen LogP contribution in [0.4, 0.5) is 0 Å². The fraction of sp³-hybridized carbons (Fsp3) is 0.423. The van der Waals surface area contributed by atoms with Crippen LogP contribution in [-0.4, -0.2) is 26.6 Å². The van der Waals surface area contributed by atoms with Crippen molar-refractivity contribution in [3.8, 4) is 0 Å². The molecular weight excluding hydrogens is 370 g/mol. The minimum Gasteiger partial charge on any atom is -0.478 e. The third-order valence-corrected chi connectivity index (χ3v) is 11.1. The Bertz CT molecular complexity index is 954. The number of aliphatic imine (C=N–C) groups is 1. The standard InChI is InChI=1S/C26H33NOSi/c1-25(2,3)22-18-28-24(27-22)26(4)21-15-11-10-12-19(21)16-17-23(26)29(5,6)20-13-8-7-9-14-20/h7-17,22-23H,18H2,1-6H3/t22-,23?,26?/m1/s1. The van der Waals surface area contributed by atoms with Crippen molar-refractivity contribution in [3.05, 3.63) is 71.8 Å². The van der Waals surface area contributed by atoms with Crippen LogP contribution in [0.25, 0.3) is 6.08 Å². The van der Waals surface area contributed by atoms with Gasteiger partial charge >= 0.3 is 0 Å². The molecule has 1 aliphatic carbocycles. The average molecular weight is 404 g/mol. The molecular formula is C26H33NOSi. The smallest absolute Gasteiger partial charge is 0.194 e. The zero-order chi connectivity index (χ0) is 20.9. The molecule has 1 heterocycles. The number of fused-ring (bicyclic) bond motifs is 1. The van der Waals surface area contributed by atoms with E-state index in [1.54, 1.807) is 0 Å². The number of benzene rings is 2. The number of nitrogens with zero attached hydrogens (tertiary/aromatic N) is 1. The van der Waals surface area contributed by atoms with E-state index in [4.69, 9.17) is 9.73 Å². The van der Waals surface area contributed by atoms with Crippen molar-refractivity contribution in [2.75, 3.05) is 6.61 Å². The lowest BCUT2D eigenvalue weighted by atomic mass is 9.73. The summed E-state index contributed by atoms with van der Waals surface area (Å²) >= 11 is 0. The first-order chi connectivity index (χ1) is 13.6. The summed E-state index contributed by atoms with van der Waals surface area (Å²) in [6.45, 7) is 14.8. The van der Waals surface area contributed by atoms with Crippen LogP contribution in [0, 0.1) is 5.41 Å². The van der Waals surface area contributed by atoms with Crippen molar-refractivity contribution in [3.63, 3.8) is 0 Å². The Balaban J connectivity index is 1.88. The van der Waals surface area contributed by atoms with Crippen molar-refractivity contribution in [1.29, 1.82) is 0 Å². The maximum atomic E-state index is 6.39. The van der Waals surface area contributed by atoms with Gasteiger partial charge in [0, 0.05) is 0 Å². The van der Waals surface area contributed by atoms with Crippen LogP contribution >= 0.6 is 0 Å². The SMILES string of the molecule is CC1(C2=N[C@@H](C(C)(C)C)CO2)c2ccccc2C=CC1[Si](C)(C)c1ccccc1. The predicted molar refractivity (Wildman–Crippen MR) is 127 cm³/mol. The molecule has 0 saturated carbocycles. The Labute approximate surface area is 176 Å². The van der Waals surface area contributed by atoms with Crippen molar-refractivity contribution in [1.82, 2.24) is 0 Å². The minimum absolute atomic E-state index is 0.101. The summed E-state index contributed by atoms with van der Waals surface area (Å²) in [6, 6.07) is 20.0. The van der Waals surface area contributed by atoms with E-state index in [0.29, 0.717) is 12.1 Å². The van der Waals surface area contributed by atoms with Gasteiger partial charge < -0.3 is 4.74 Å². The van der Waals surface area contributed by atoms with Crippen LogP contribution in [0.3, 0.4) is 0 Å². The third-order valence-electron chi connectivity index (χ3n) is 7.00. The number of allylic oxidation sites excluding steroid dienone is 1. The quantitative estimate of drug-likeness (QED) is 0.594. The highest BCUT2D eigenvalue weighted by molar-refractivity contribution is 6.91. The molecule has 3 atom stereocenters. The van der Waals surface area contributed by atoms with Gasteiger partial charge in [0.2, 0.25) is 0 Å². The van der Waals surface area contributed by atoms with Gasteiger partial charge in [0.15, 0.2) is 5.90 Å². The van der Waals surface area contributed by atoms with E-state index in [1.165, 1.54) is 16.3 Å². The topological polar surface area (TPSA) is 21.6 Å². The molecule has 0 bridgehead atoms. The zero-order valence-corrected chi connectivity index (χ0v) is 19.6. The predicted octanol–water partition coefficient (Wildman–Crippen LogP) is 5.80. The van der Waals surface area contributed by atoms with Crippen LogP contribution in [0.5, 0.6) is 0 Å². The van der Waals surface area contributed by atoms with Crippen molar-refractivity contribution in [2.24, 2.45) is 10.4 Å². The van der Waals surface area contributed by atoms with Crippen LogP contribution in [0.2, 0.25) is 18.6 Å². The molecule has 1 aliphatic heterocycles. The molecule has 0 fully saturated rings. The lowest BCUT2D eigenvalue weighted by molar-refractivity contribution is 0.226. The van der Waals surface area contributed by atoms with Gasteiger partial charge in [-0.3, -0.25) is 0 Å². The number of hydrogen-bond donors (Lipinski definition) is 0. The molecule has 2 nitrogen and oxygen atoms in total. The van der Waals surface area contributed by atoms with Gasteiger partial charge in [-0.2, -0.15) is 0 Å². The van der Waals surface area contributed by atoms with Crippen LogP contribution < -0.4 is 5.19 Å². The molecule has 0 aromatic heterocycles. The minimum atomic E-state index is -1.87. The molecule has 2 aromatic carbocycles. The second-order valence-corrected chi connectivity index (χ2v) is 15.0. The molecule has 2 unspecified atom stereocenters. The Hall–Kier alpha value is -2.13. The van der Waals surface area contributed by atoms with E-state index >= 15 is 0 Å². The summed E-state index contributed by atoms with van der Waals surface area (Å²) in [6.07, 6.45) is 4.76. The highest BCUT2D eigenvalue weighted by Gasteiger charge is 2.53. The first-order valence-corrected chi connectivity index (χ1v) is 13.8. The van der Waals surface area contributed by atoms with Crippen molar-refractivity contribution in [2.45, 2.75) is 57.8 Å². The van der Waals surface area contributed by atoms with E-state index < -0.39 is 8.07 Å². The Kier molecular flexibility index (Phi) is 4.85. The molecule has 2 aliphatic rings. The molecule has 0 amide bonds. The van der Waals surface area contributed by atoms with Crippen molar-refractivity contribution >= 4 is 25.2 Å². The molecule has 0 radical (unpaired) electrons. The second kappa shape index (κ2) is 6.98. The van der Waals surface area contributed by atoms with E-state index in [-0.39, 0.29) is 16.9 Å². The van der Waals surface area contributed by atoms with Gasteiger partial charge in [-0.1, -0.05) is 106 Å². The highest BCUT2D eigenvalue weighted by Crippen LogP contribution is 2.50. The molecule has 4 rings (SSSR count). The fourth-order valence-corrected chi connectivity index (χ4v) is 8.74. The summed E-state index contributed by atoms with van der Waals surface area (Å²) in [5.41, 5.74) is 2.85. The Morgan fingerprint density at radius 1 is 1.00 bits per heavy atom. The lowest BCUT2D eigenvalue weighted by Gasteiger charge is -2.46. The van der Waals surface area contributed by atoms with Crippen LogP contribution in [0.15, 0.2) is 65.7 Å². The van der Waals surface area contributed by atoms with Gasteiger partial charge in [0.05, 0.1) is 19.5 Å². The Morgan fingerprint density at radius 2 is 1.66 bits per heavy atom. The zero-order valence-electron chi connectivity index (χ0n) is 18.6. The van der Waals surface area contributed by atoms with E-state index in [2.05, 4.69) is 108 Å². The summed E-state index contributed by atoms with van der Waals surface area (Å²) in [5, 5.41) is 1.48. The van der Waals surface area contributed by atoms with Gasteiger partial charge in [-0.25, -0.2) is 4.99 Å². The maximum Gasteiger partial charge on any atom is 0.194 e. The summed E-state index contributed by atoms with van der Waals surface area (Å²) in [4.78, 5) is 5.19. The molecule has 152 valence electrons. The van der Waals surface area contributed by atoms with Gasteiger partial charge in [-0.05, 0) is 29.0 Å². The maximum absolute atomic E-state index is 6.39. The molecule has 29 heavy (non-hydrogen) atoms. The summed E-state index contributed by atoms with van der Waals surface area (Å²) in [5.74, 6) is 0.927.